The Balaban J connectivity index is 2.05. The number of amides is 1. The number of thioether (sulfide) groups is 1. The molecule has 1 aromatic carbocycles. The van der Waals surface area contributed by atoms with Crippen LogP contribution in [0, 0.1) is 17.1 Å². The molecule has 1 atom stereocenters. The summed E-state index contributed by atoms with van der Waals surface area (Å²) in [6.45, 7) is 1.65. The lowest BCUT2D eigenvalue weighted by atomic mass is 10.3. The first-order chi connectivity index (χ1) is 10.9. The molecule has 23 heavy (non-hydrogen) atoms. The van der Waals surface area contributed by atoms with Crippen LogP contribution in [0.15, 0.2) is 29.6 Å². The minimum Gasteiger partial charge on any atom is -0.382 e. The third-order valence-corrected chi connectivity index (χ3v) is 4.04. The zero-order chi connectivity index (χ0) is 17.0. The largest absolute Gasteiger partial charge is 0.382 e. The SMILES string of the molecule is CC(Sc1ncc(C#N)c(N)n1)C(=O)Nc1ccc(F)cc1Cl. The summed E-state index contributed by atoms with van der Waals surface area (Å²) >= 11 is 6.93. The highest BCUT2D eigenvalue weighted by Crippen LogP contribution is 2.25. The van der Waals surface area contributed by atoms with E-state index in [9.17, 15) is 9.18 Å². The first-order valence-electron chi connectivity index (χ1n) is 6.36. The molecule has 6 nitrogen and oxygen atoms in total. The molecule has 0 saturated carbocycles. The number of nitrogen functional groups attached to an aromatic ring is 1. The van der Waals surface area contributed by atoms with Gasteiger partial charge < -0.3 is 11.1 Å². The zero-order valence-electron chi connectivity index (χ0n) is 11.9. The molecule has 0 saturated heterocycles. The van der Waals surface area contributed by atoms with Crippen LogP contribution in [0.4, 0.5) is 15.9 Å². The highest BCUT2D eigenvalue weighted by Gasteiger charge is 2.18. The Bertz CT molecular complexity index is 795. The van der Waals surface area contributed by atoms with Crippen LogP contribution in [0.1, 0.15) is 12.5 Å². The second-order valence-electron chi connectivity index (χ2n) is 4.44. The number of benzene rings is 1. The average molecular weight is 352 g/mol. The maximum Gasteiger partial charge on any atom is 0.237 e. The number of hydrogen-bond acceptors (Lipinski definition) is 6. The lowest BCUT2D eigenvalue weighted by molar-refractivity contribution is -0.115. The van der Waals surface area contributed by atoms with Gasteiger partial charge in [0.2, 0.25) is 5.91 Å². The van der Waals surface area contributed by atoms with Crippen LogP contribution >= 0.6 is 23.4 Å². The van der Waals surface area contributed by atoms with Gasteiger partial charge in [-0.3, -0.25) is 4.79 Å². The van der Waals surface area contributed by atoms with E-state index in [4.69, 9.17) is 22.6 Å². The van der Waals surface area contributed by atoms with Gasteiger partial charge in [0.05, 0.1) is 22.2 Å². The third-order valence-electron chi connectivity index (χ3n) is 2.76. The Morgan fingerprint density at radius 2 is 2.30 bits per heavy atom. The quantitative estimate of drug-likeness (QED) is 0.648. The fourth-order valence-corrected chi connectivity index (χ4v) is 2.52. The van der Waals surface area contributed by atoms with Gasteiger partial charge in [-0.2, -0.15) is 5.26 Å². The van der Waals surface area contributed by atoms with Crippen molar-refractivity contribution in [3.63, 3.8) is 0 Å². The van der Waals surface area contributed by atoms with Crippen molar-refractivity contribution in [3.8, 4) is 6.07 Å². The number of rotatable bonds is 4. The molecule has 1 unspecified atom stereocenters. The smallest absolute Gasteiger partial charge is 0.237 e. The molecule has 2 aromatic rings. The standard InChI is InChI=1S/C14H11ClFN5OS/c1-7(23-14-19-6-8(5-17)12(18)21-14)13(22)20-11-3-2-9(16)4-10(11)15/h2-4,6-7H,1H3,(H,20,22)(H2,18,19,21). The zero-order valence-corrected chi connectivity index (χ0v) is 13.5. The van der Waals surface area contributed by atoms with E-state index in [1.807, 2.05) is 6.07 Å². The van der Waals surface area contributed by atoms with E-state index in [1.54, 1.807) is 6.92 Å². The van der Waals surface area contributed by atoms with Crippen molar-refractivity contribution < 1.29 is 9.18 Å². The summed E-state index contributed by atoms with van der Waals surface area (Å²) in [4.78, 5) is 20.1. The highest BCUT2D eigenvalue weighted by molar-refractivity contribution is 8.00. The molecule has 2 rings (SSSR count). The normalized spacial score (nSPS) is 11.6. The molecule has 3 N–H and O–H groups in total. The van der Waals surface area contributed by atoms with Crippen LogP contribution in [0.25, 0.3) is 0 Å². The van der Waals surface area contributed by atoms with Crippen LogP contribution in [0.2, 0.25) is 5.02 Å². The molecule has 9 heteroatoms. The van der Waals surface area contributed by atoms with Crippen LogP contribution in [-0.4, -0.2) is 21.1 Å². The Hall–Kier alpha value is -2.37. The number of carbonyl (C=O) groups is 1. The van der Waals surface area contributed by atoms with Gasteiger partial charge in [-0.15, -0.1) is 0 Å². The van der Waals surface area contributed by atoms with Crippen molar-refractivity contribution in [1.82, 2.24) is 9.97 Å². The topological polar surface area (TPSA) is 105 Å². The number of halogens is 2. The Labute approximate surface area is 140 Å². The number of nitriles is 1. The molecule has 0 radical (unpaired) electrons. The van der Waals surface area contributed by atoms with Gasteiger partial charge >= 0.3 is 0 Å². The molecule has 118 valence electrons. The first-order valence-corrected chi connectivity index (χ1v) is 7.61. The van der Waals surface area contributed by atoms with Gasteiger partial charge in [-0.05, 0) is 25.1 Å². The third kappa shape index (κ3) is 4.31. The van der Waals surface area contributed by atoms with Gasteiger partial charge in [0.15, 0.2) is 5.16 Å². The molecule has 1 amide bonds. The van der Waals surface area contributed by atoms with E-state index in [2.05, 4.69) is 15.3 Å². The fourth-order valence-electron chi connectivity index (χ4n) is 1.56. The summed E-state index contributed by atoms with van der Waals surface area (Å²) < 4.78 is 13.0. The summed E-state index contributed by atoms with van der Waals surface area (Å²) in [6.07, 6.45) is 1.30. The van der Waals surface area contributed by atoms with Crippen molar-refractivity contribution in [2.75, 3.05) is 11.1 Å². The maximum absolute atomic E-state index is 13.0. The van der Waals surface area contributed by atoms with Crippen molar-refractivity contribution >= 4 is 40.8 Å². The van der Waals surface area contributed by atoms with Crippen LogP contribution in [0.5, 0.6) is 0 Å². The van der Waals surface area contributed by atoms with Gasteiger partial charge in [0, 0.05) is 0 Å². The summed E-state index contributed by atoms with van der Waals surface area (Å²) in [5.41, 5.74) is 6.08. The van der Waals surface area contributed by atoms with Gasteiger partial charge in [-0.1, -0.05) is 23.4 Å². The minimum absolute atomic E-state index is 0.0548. The Morgan fingerprint density at radius 1 is 1.57 bits per heavy atom. The molecule has 0 fully saturated rings. The second-order valence-corrected chi connectivity index (χ2v) is 6.15. The summed E-state index contributed by atoms with van der Waals surface area (Å²) in [6, 6.07) is 5.54. The molecule has 1 aromatic heterocycles. The Morgan fingerprint density at radius 3 is 2.91 bits per heavy atom. The summed E-state index contributed by atoms with van der Waals surface area (Å²) in [7, 11) is 0. The molecule has 1 heterocycles. The van der Waals surface area contributed by atoms with E-state index in [0.29, 0.717) is 5.69 Å². The van der Waals surface area contributed by atoms with Gasteiger partial charge in [-0.25, -0.2) is 14.4 Å². The van der Waals surface area contributed by atoms with Crippen molar-refractivity contribution in [2.45, 2.75) is 17.3 Å². The van der Waals surface area contributed by atoms with E-state index < -0.39 is 11.1 Å². The van der Waals surface area contributed by atoms with Gasteiger partial charge in [0.25, 0.3) is 0 Å². The lowest BCUT2D eigenvalue weighted by Gasteiger charge is -2.12. The monoisotopic (exact) mass is 351 g/mol. The molecule has 0 bridgehead atoms. The first kappa shape index (κ1) is 17.0. The maximum atomic E-state index is 13.0. The minimum atomic E-state index is -0.552. The molecule has 0 spiro atoms. The molecular formula is C14H11ClFN5OS. The number of nitrogens with one attached hydrogen (secondary N) is 1. The lowest BCUT2D eigenvalue weighted by Crippen LogP contribution is -2.23. The molecule has 0 aliphatic heterocycles. The highest BCUT2D eigenvalue weighted by atomic mass is 35.5. The van der Waals surface area contributed by atoms with E-state index in [0.717, 1.165) is 17.8 Å². The fraction of sp³-hybridized carbons (Fsp3) is 0.143. The number of aromatic nitrogens is 2. The van der Waals surface area contributed by atoms with Crippen LogP contribution in [-0.2, 0) is 4.79 Å². The average Bonchev–Trinajstić information content (AvgIpc) is 2.50. The van der Waals surface area contributed by atoms with Crippen LogP contribution in [0.3, 0.4) is 0 Å². The number of nitrogens with two attached hydrogens (primary N) is 1. The number of carbonyl (C=O) groups excluding carboxylic acids is 1. The molecule has 0 aliphatic carbocycles. The van der Waals surface area contributed by atoms with Crippen molar-refractivity contribution in [2.24, 2.45) is 0 Å². The number of nitrogens with zero attached hydrogens (tertiary/aromatic N) is 3. The van der Waals surface area contributed by atoms with Crippen LogP contribution < -0.4 is 11.1 Å². The van der Waals surface area contributed by atoms with E-state index in [-0.39, 0.29) is 27.5 Å². The number of hydrogen-bond donors (Lipinski definition) is 2. The summed E-state index contributed by atoms with van der Waals surface area (Å²) in [5, 5.41) is 11.2. The van der Waals surface area contributed by atoms with Crippen molar-refractivity contribution in [1.29, 1.82) is 5.26 Å². The molecular weight excluding hydrogens is 341 g/mol. The predicted octanol–water partition coefficient (Wildman–Crippen LogP) is 2.84. The summed E-state index contributed by atoms with van der Waals surface area (Å²) in [5.74, 6) is -0.786. The number of anilines is 2. The molecule has 0 aliphatic rings. The Kier molecular flexibility index (Phi) is 5.36. The second kappa shape index (κ2) is 7.26. The van der Waals surface area contributed by atoms with Crippen molar-refractivity contribution in [3.05, 3.63) is 40.8 Å². The van der Waals surface area contributed by atoms with E-state index >= 15 is 0 Å². The predicted molar refractivity (Wildman–Crippen MR) is 86.5 cm³/mol. The van der Waals surface area contributed by atoms with E-state index in [1.165, 1.54) is 18.3 Å². The van der Waals surface area contributed by atoms with Gasteiger partial charge in [0.1, 0.15) is 23.3 Å².